The number of benzene rings is 1. The summed E-state index contributed by atoms with van der Waals surface area (Å²) in [4.78, 5) is 15.6. The van der Waals surface area contributed by atoms with Gasteiger partial charge in [-0.2, -0.15) is 5.10 Å². The van der Waals surface area contributed by atoms with Crippen LogP contribution in [0.3, 0.4) is 0 Å². The SMILES string of the molecule is Cc1ccc(-n2ncc(C(=O)N3C4CCNCC3CC4)c2C(C)C)cc1.Cl. The van der Waals surface area contributed by atoms with E-state index < -0.39 is 0 Å². The molecule has 2 saturated heterocycles. The first-order chi connectivity index (χ1) is 12.6. The number of hydrogen-bond donors (Lipinski definition) is 1. The first-order valence-corrected chi connectivity index (χ1v) is 9.74. The number of rotatable bonds is 3. The molecule has 2 bridgehead atoms. The molecule has 1 aromatic carbocycles. The zero-order valence-corrected chi connectivity index (χ0v) is 17.1. The maximum absolute atomic E-state index is 13.5. The van der Waals surface area contributed by atoms with Crippen molar-refractivity contribution in [2.45, 2.75) is 58.0 Å². The van der Waals surface area contributed by atoms with E-state index in [1.807, 2.05) is 4.68 Å². The fourth-order valence-electron chi connectivity index (χ4n) is 4.42. The second-order valence-corrected chi connectivity index (χ2v) is 7.94. The van der Waals surface area contributed by atoms with E-state index in [0.717, 1.165) is 49.3 Å². The van der Waals surface area contributed by atoms with Crippen molar-refractivity contribution in [3.8, 4) is 5.69 Å². The Morgan fingerprint density at radius 2 is 1.85 bits per heavy atom. The lowest BCUT2D eigenvalue weighted by atomic mass is 10.0. The van der Waals surface area contributed by atoms with Crippen LogP contribution in [0.4, 0.5) is 0 Å². The van der Waals surface area contributed by atoms with Crippen LogP contribution in [0.5, 0.6) is 0 Å². The third kappa shape index (κ3) is 3.63. The van der Waals surface area contributed by atoms with Crippen molar-refractivity contribution in [3.05, 3.63) is 47.3 Å². The van der Waals surface area contributed by atoms with Gasteiger partial charge in [0.05, 0.1) is 23.1 Å². The van der Waals surface area contributed by atoms with Gasteiger partial charge in [0.25, 0.3) is 5.91 Å². The van der Waals surface area contributed by atoms with Crippen LogP contribution < -0.4 is 5.32 Å². The molecule has 1 aromatic heterocycles. The van der Waals surface area contributed by atoms with Crippen LogP contribution in [0.25, 0.3) is 5.69 Å². The van der Waals surface area contributed by atoms with Crippen molar-refractivity contribution in [2.24, 2.45) is 0 Å². The van der Waals surface area contributed by atoms with E-state index in [1.165, 1.54) is 5.56 Å². The predicted octanol–water partition coefficient (Wildman–Crippen LogP) is 3.69. The lowest BCUT2D eigenvalue weighted by Gasteiger charge is -2.28. The molecule has 1 N–H and O–H groups in total. The molecule has 5 nitrogen and oxygen atoms in total. The van der Waals surface area contributed by atoms with Gasteiger partial charge in [0, 0.05) is 18.6 Å². The van der Waals surface area contributed by atoms with Crippen LogP contribution in [-0.4, -0.2) is 45.8 Å². The molecule has 0 spiro atoms. The number of hydrogen-bond acceptors (Lipinski definition) is 3. The molecule has 3 heterocycles. The average molecular weight is 389 g/mol. The molecule has 2 aromatic rings. The molecule has 2 aliphatic heterocycles. The number of aryl methyl sites for hydroxylation is 1. The van der Waals surface area contributed by atoms with E-state index >= 15 is 0 Å². The van der Waals surface area contributed by atoms with Gasteiger partial charge in [-0.05, 0) is 50.8 Å². The van der Waals surface area contributed by atoms with Crippen molar-refractivity contribution >= 4 is 18.3 Å². The van der Waals surface area contributed by atoms with Gasteiger partial charge in [-0.25, -0.2) is 4.68 Å². The molecule has 2 unspecified atom stereocenters. The Labute approximate surface area is 167 Å². The highest BCUT2D eigenvalue weighted by Gasteiger charge is 2.39. The molecule has 4 rings (SSSR count). The van der Waals surface area contributed by atoms with Crippen molar-refractivity contribution < 1.29 is 4.79 Å². The van der Waals surface area contributed by atoms with E-state index in [9.17, 15) is 4.79 Å². The Bertz CT molecular complexity index is 785. The van der Waals surface area contributed by atoms with Gasteiger partial charge in [0.15, 0.2) is 0 Å². The molecule has 146 valence electrons. The quantitative estimate of drug-likeness (QED) is 0.872. The Morgan fingerprint density at radius 1 is 1.15 bits per heavy atom. The molecule has 2 fully saturated rings. The van der Waals surface area contributed by atoms with Gasteiger partial charge >= 0.3 is 0 Å². The third-order valence-electron chi connectivity index (χ3n) is 5.75. The van der Waals surface area contributed by atoms with Gasteiger partial charge in [0.1, 0.15) is 0 Å². The molecule has 0 radical (unpaired) electrons. The van der Waals surface area contributed by atoms with Crippen molar-refractivity contribution in [1.29, 1.82) is 0 Å². The smallest absolute Gasteiger partial charge is 0.257 e. The Kier molecular flexibility index (Phi) is 5.92. The first kappa shape index (κ1) is 19.9. The van der Waals surface area contributed by atoms with Gasteiger partial charge in [-0.1, -0.05) is 31.5 Å². The summed E-state index contributed by atoms with van der Waals surface area (Å²) in [5.41, 5.74) is 4.01. The number of nitrogens with zero attached hydrogens (tertiary/aromatic N) is 3. The van der Waals surface area contributed by atoms with E-state index in [-0.39, 0.29) is 24.2 Å². The minimum absolute atomic E-state index is 0. The maximum Gasteiger partial charge on any atom is 0.257 e. The monoisotopic (exact) mass is 388 g/mol. The summed E-state index contributed by atoms with van der Waals surface area (Å²) in [5.74, 6) is 0.378. The standard InChI is InChI=1S/C21H28N4O.ClH/c1-14(2)20-19(13-23-25(20)17-6-4-15(3)5-7-17)21(26)24-16-8-9-18(24)12-22-11-10-16;/h4-7,13-14,16,18,22H,8-12H2,1-3H3;1H. The molecule has 6 heteroatoms. The summed E-state index contributed by atoms with van der Waals surface area (Å²) in [6, 6.07) is 9.00. The van der Waals surface area contributed by atoms with Crippen LogP contribution in [0.15, 0.2) is 30.5 Å². The van der Waals surface area contributed by atoms with Crippen LogP contribution >= 0.6 is 12.4 Å². The molecule has 0 aliphatic carbocycles. The summed E-state index contributed by atoms with van der Waals surface area (Å²) in [5, 5.41) is 8.07. The lowest BCUT2D eigenvalue weighted by molar-refractivity contribution is 0.0678. The molecular formula is C21H29ClN4O. The molecule has 2 aliphatic rings. The number of amides is 1. The maximum atomic E-state index is 13.5. The van der Waals surface area contributed by atoms with E-state index in [4.69, 9.17) is 0 Å². The van der Waals surface area contributed by atoms with Gasteiger partial charge in [-0.3, -0.25) is 4.79 Å². The number of fused-ring (bicyclic) bond motifs is 2. The van der Waals surface area contributed by atoms with Crippen LogP contribution in [-0.2, 0) is 0 Å². The number of nitrogens with one attached hydrogen (secondary N) is 1. The third-order valence-corrected chi connectivity index (χ3v) is 5.75. The topological polar surface area (TPSA) is 50.2 Å². The minimum Gasteiger partial charge on any atom is -0.331 e. The predicted molar refractivity (Wildman–Crippen MR) is 110 cm³/mol. The fourth-order valence-corrected chi connectivity index (χ4v) is 4.42. The number of carbonyl (C=O) groups is 1. The highest BCUT2D eigenvalue weighted by molar-refractivity contribution is 5.96. The van der Waals surface area contributed by atoms with E-state index in [0.29, 0.717) is 12.1 Å². The average Bonchev–Trinajstić information content (AvgIpc) is 3.15. The van der Waals surface area contributed by atoms with Crippen molar-refractivity contribution in [1.82, 2.24) is 20.0 Å². The number of aromatic nitrogens is 2. The van der Waals surface area contributed by atoms with Crippen molar-refractivity contribution in [2.75, 3.05) is 13.1 Å². The van der Waals surface area contributed by atoms with Crippen LogP contribution in [0.2, 0.25) is 0 Å². The van der Waals surface area contributed by atoms with Crippen LogP contribution in [0, 0.1) is 6.92 Å². The summed E-state index contributed by atoms with van der Waals surface area (Å²) in [7, 11) is 0. The minimum atomic E-state index is 0. The lowest BCUT2D eigenvalue weighted by Crippen LogP contribution is -2.42. The Balaban J connectivity index is 0.00000210. The number of halogens is 1. The first-order valence-electron chi connectivity index (χ1n) is 9.74. The Hall–Kier alpha value is -1.85. The highest BCUT2D eigenvalue weighted by Crippen LogP contribution is 2.32. The second kappa shape index (κ2) is 8.03. The van der Waals surface area contributed by atoms with Crippen LogP contribution in [0.1, 0.15) is 60.6 Å². The highest BCUT2D eigenvalue weighted by atomic mass is 35.5. The van der Waals surface area contributed by atoms with Crippen molar-refractivity contribution in [3.63, 3.8) is 0 Å². The van der Waals surface area contributed by atoms with Gasteiger partial charge in [0.2, 0.25) is 0 Å². The van der Waals surface area contributed by atoms with E-state index in [1.54, 1.807) is 6.20 Å². The normalized spacial score (nSPS) is 21.9. The zero-order chi connectivity index (χ0) is 18.3. The van der Waals surface area contributed by atoms with Gasteiger partial charge < -0.3 is 10.2 Å². The summed E-state index contributed by atoms with van der Waals surface area (Å²) < 4.78 is 1.94. The number of carbonyl (C=O) groups excluding carboxylic acids is 1. The summed E-state index contributed by atoms with van der Waals surface area (Å²) in [6.45, 7) is 8.26. The van der Waals surface area contributed by atoms with E-state index in [2.05, 4.69) is 60.4 Å². The fraction of sp³-hybridized carbons (Fsp3) is 0.524. The Morgan fingerprint density at radius 3 is 2.56 bits per heavy atom. The van der Waals surface area contributed by atoms with Gasteiger partial charge in [-0.15, -0.1) is 12.4 Å². The summed E-state index contributed by atoms with van der Waals surface area (Å²) in [6.07, 6.45) is 5.05. The molecule has 27 heavy (non-hydrogen) atoms. The largest absolute Gasteiger partial charge is 0.331 e. The zero-order valence-electron chi connectivity index (χ0n) is 16.3. The molecule has 2 atom stereocenters. The second-order valence-electron chi connectivity index (χ2n) is 7.94. The molecule has 1 amide bonds. The molecular weight excluding hydrogens is 360 g/mol. The molecule has 0 saturated carbocycles. The summed E-state index contributed by atoms with van der Waals surface area (Å²) >= 11 is 0.